The first-order valence-corrected chi connectivity index (χ1v) is 11.5. The van der Waals surface area contributed by atoms with Gasteiger partial charge in [0, 0.05) is 24.4 Å². The Labute approximate surface area is 191 Å². The van der Waals surface area contributed by atoms with Crippen molar-refractivity contribution in [3.63, 3.8) is 0 Å². The van der Waals surface area contributed by atoms with Gasteiger partial charge in [0.1, 0.15) is 15.9 Å². The summed E-state index contributed by atoms with van der Waals surface area (Å²) in [5.74, 6) is 1.13. The normalized spacial score (nSPS) is 12.3. The lowest BCUT2D eigenvalue weighted by atomic mass is 10.1. The highest BCUT2D eigenvalue weighted by atomic mass is 32.2. The zero-order valence-electron chi connectivity index (χ0n) is 17.2. The van der Waals surface area contributed by atoms with Crippen molar-refractivity contribution in [3.8, 4) is 22.8 Å². The van der Waals surface area contributed by atoms with Gasteiger partial charge in [0.15, 0.2) is 16.7 Å². The molecule has 2 aromatic carbocycles. The number of thioether (sulfide) groups is 1. The van der Waals surface area contributed by atoms with Gasteiger partial charge in [0.05, 0.1) is 5.75 Å². The molecule has 1 amide bonds. The van der Waals surface area contributed by atoms with Gasteiger partial charge in [-0.1, -0.05) is 41.6 Å². The van der Waals surface area contributed by atoms with Gasteiger partial charge in [-0.3, -0.25) is 14.2 Å². The van der Waals surface area contributed by atoms with Crippen molar-refractivity contribution >= 4 is 45.1 Å². The third kappa shape index (κ3) is 3.82. The van der Waals surface area contributed by atoms with E-state index in [9.17, 15) is 9.59 Å². The van der Waals surface area contributed by atoms with Crippen molar-refractivity contribution in [1.29, 1.82) is 0 Å². The Morgan fingerprint density at radius 1 is 1.19 bits per heavy atom. The van der Waals surface area contributed by atoms with Gasteiger partial charge < -0.3 is 14.8 Å². The Kier molecular flexibility index (Phi) is 5.32. The van der Waals surface area contributed by atoms with Crippen molar-refractivity contribution < 1.29 is 14.3 Å². The molecule has 3 heterocycles. The second kappa shape index (κ2) is 8.29. The smallest absolute Gasteiger partial charge is 0.273 e. The molecule has 0 spiro atoms. The Morgan fingerprint density at radius 2 is 1.97 bits per heavy atom. The van der Waals surface area contributed by atoms with Gasteiger partial charge in [-0.2, -0.15) is 4.37 Å². The molecule has 0 aliphatic carbocycles. The highest BCUT2D eigenvalue weighted by molar-refractivity contribution is 7.99. The molecule has 1 aliphatic rings. The van der Waals surface area contributed by atoms with Crippen LogP contribution in [0.4, 0.5) is 5.69 Å². The zero-order chi connectivity index (χ0) is 22.2. The average Bonchev–Trinajstić information content (AvgIpc) is 3.42. The van der Waals surface area contributed by atoms with Gasteiger partial charge in [0.25, 0.3) is 5.56 Å². The van der Waals surface area contributed by atoms with E-state index in [0.29, 0.717) is 38.3 Å². The molecule has 0 radical (unpaired) electrons. The van der Waals surface area contributed by atoms with Crippen LogP contribution >= 0.6 is 23.3 Å². The van der Waals surface area contributed by atoms with Gasteiger partial charge in [0.2, 0.25) is 12.7 Å². The number of hydrogen-bond donors (Lipinski definition) is 1. The molecule has 1 N–H and O–H groups in total. The molecule has 32 heavy (non-hydrogen) atoms. The number of fused-ring (bicyclic) bond motifs is 2. The number of ether oxygens (including phenoxy) is 2. The third-order valence-corrected chi connectivity index (χ3v) is 6.83. The summed E-state index contributed by atoms with van der Waals surface area (Å²) in [6.07, 6.45) is 0. The van der Waals surface area contributed by atoms with Crippen LogP contribution in [0, 0.1) is 6.92 Å². The second-order valence-electron chi connectivity index (χ2n) is 7.24. The monoisotopic (exact) mass is 466 g/mol. The maximum absolute atomic E-state index is 12.8. The number of carbonyl (C=O) groups excluding carboxylic acids is 1. The van der Waals surface area contributed by atoms with Crippen LogP contribution in [-0.4, -0.2) is 32.4 Å². The van der Waals surface area contributed by atoms with E-state index in [1.54, 1.807) is 25.2 Å². The quantitative estimate of drug-likeness (QED) is 0.353. The van der Waals surface area contributed by atoms with Crippen LogP contribution in [0.15, 0.2) is 52.4 Å². The highest BCUT2D eigenvalue weighted by Crippen LogP contribution is 2.34. The fourth-order valence-corrected chi connectivity index (χ4v) is 4.85. The first kappa shape index (κ1) is 20.5. The Balaban J connectivity index is 1.37. The number of hydrogen-bond acceptors (Lipinski definition) is 8. The molecule has 0 saturated carbocycles. The molecule has 0 atom stereocenters. The van der Waals surface area contributed by atoms with Crippen LogP contribution in [0.5, 0.6) is 11.5 Å². The van der Waals surface area contributed by atoms with E-state index >= 15 is 0 Å². The van der Waals surface area contributed by atoms with Gasteiger partial charge >= 0.3 is 0 Å². The number of nitrogens with zero attached hydrogens (tertiary/aromatic N) is 3. The second-order valence-corrected chi connectivity index (χ2v) is 8.95. The number of rotatable bonds is 5. The van der Waals surface area contributed by atoms with Crippen molar-refractivity contribution in [3.05, 3.63) is 58.4 Å². The number of aromatic nitrogens is 3. The minimum absolute atomic E-state index is 0.0949. The van der Waals surface area contributed by atoms with E-state index in [1.807, 2.05) is 31.2 Å². The van der Waals surface area contributed by atoms with Crippen LogP contribution in [0.3, 0.4) is 0 Å². The lowest BCUT2D eigenvalue weighted by Crippen LogP contribution is -2.20. The first-order chi connectivity index (χ1) is 15.5. The average molecular weight is 467 g/mol. The number of carbonyl (C=O) groups is 1. The largest absolute Gasteiger partial charge is 0.454 e. The molecule has 0 unspecified atom stereocenters. The molecule has 5 rings (SSSR count). The number of nitrogens with one attached hydrogen (secondary N) is 1. The summed E-state index contributed by atoms with van der Waals surface area (Å²) in [7, 11) is 1.65. The summed E-state index contributed by atoms with van der Waals surface area (Å²) >= 11 is 2.34. The van der Waals surface area contributed by atoms with Crippen molar-refractivity contribution in [1.82, 2.24) is 13.9 Å². The van der Waals surface area contributed by atoms with Crippen molar-refractivity contribution in [2.75, 3.05) is 17.9 Å². The molecular weight excluding hydrogens is 448 g/mol. The minimum atomic E-state index is -0.217. The van der Waals surface area contributed by atoms with Crippen LogP contribution in [-0.2, 0) is 11.8 Å². The summed E-state index contributed by atoms with van der Waals surface area (Å²) in [6, 6.07) is 13.1. The summed E-state index contributed by atoms with van der Waals surface area (Å²) in [6.45, 7) is 2.19. The Hall–Kier alpha value is -3.37. The van der Waals surface area contributed by atoms with Gasteiger partial charge in [-0.15, -0.1) is 0 Å². The highest BCUT2D eigenvalue weighted by Gasteiger charge is 2.18. The number of anilines is 1. The summed E-state index contributed by atoms with van der Waals surface area (Å²) in [5, 5.41) is 3.29. The van der Waals surface area contributed by atoms with Crippen LogP contribution < -0.4 is 20.3 Å². The molecule has 0 bridgehead atoms. The molecule has 8 nitrogen and oxygen atoms in total. The summed E-state index contributed by atoms with van der Waals surface area (Å²) in [5.41, 5.74) is 3.71. The van der Waals surface area contributed by atoms with Crippen LogP contribution in [0.2, 0.25) is 0 Å². The number of benzene rings is 2. The van der Waals surface area contributed by atoms with E-state index in [2.05, 4.69) is 14.7 Å². The van der Waals surface area contributed by atoms with Crippen molar-refractivity contribution in [2.24, 2.45) is 7.05 Å². The molecule has 162 valence electrons. The van der Waals surface area contributed by atoms with Crippen LogP contribution in [0.1, 0.15) is 5.56 Å². The SMILES string of the molecule is Cc1ccc(-c2nsc3c(=O)n(C)c(SCC(=O)Nc4ccc5c(c4)OCO5)nc23)cc1. The van der Waals surface area contributed by atoms with E-state index in [-0.39, 0.29) is 24.0 Å². The summed E-state index contributed by atoms with van der Waals surface area (Å²) in [4.78, 5) is 30.0. The lowest BCUT2D eigenvalue weighted by molar-refractivity contribution is -0.113. The van der Waals surface area contributed by atoms with Gasteiger partial charge in [-0.25, -0.2) is 4.98 Å². The minimum Gasteiger partial charge on any atom is -0.454 e. The van der Waals surface area contributed by atoms with E-state index in [1.165, 1.54) is 16.3 Å². The molecule has 2 aromatic heterocycles. The lowest BCUT2D eigenvalue weighted by Gasteiger charge is -2.09. The zero-order valence-corrected chi connectivity index (χ0v) is 18.9. The fraction of sp³-hybridized carbons (Fsp3) is 0.182. The molecule has 0 saturated heterocycles. The third-order valence-electron chi connectivity index (χ3n) is 4.97. The molecular formula is C22H18N4O4S2. The molecule has 1 aliphatic heterocycles. The summed E-state index contributed by atoms with van der Waals surface area (Å²) < 4.78 is 17.0. The first-order valence-electron chi connectivity index (χ1n) is 9.75. The van der Waals surface area contributed by atoms with E-state index in [0.717, 1.165) is 22.7 Å². The predicted octanol–water partition coefficient (Wildman–Crippen LogP) is 3.82. The number of aryl methyl sites for hydroxylation is 1. The van der Waals surface area contributed by atoms with Crippen molar-refractivity contribution in [2.45, 2.75) is 12.1 Å². The molecule has 4 aromatic rings. The predicted molar refractivity (Wildman–Crippen MR) is 125 cm³/mol. The van der Waals surface area contributed by atoms with E-state index < -0.39 is 0 Å². The van der Waals surface area contributed by atoms with Crippen LogP contribution in [0.25, 0.3) is 21.5 Å². The fourth-order valence-electron chi connectivity index (χ4n) is 3.27. The maximum Gasteiger partial charge on any atom is 0.273 e. The topological polar surface area (TPSA) is 95.3 Å². The number of amides is 1. The van der Waals surface area contributed by atoms with E-state index in [4.69, 9.17) is 9.47 Å². The van der Waals surface area contributed by atoms with Gasteiger partial charge in [-0.05, 0) is 30.6 Å². The maximum atomic E-state index is 12.8. The molecule has 0 fully saturated rings. The standard InChI is InChI=1S/C22H18N4O4S2/c1-12-3-5-13(6-4-12)18-19-20(32-25-18)21(28)26(2)22(24-19)31-10-17(27)23-14-7-8-15-16(9-14)30-11-29-15/h3-9H,10-11H2,1-2H3,(H,23,27). The molecule has 10 heteroatoms. The Bertz CT molecular complexity index is 1400. The Morgan fingerprint density at radius 3 is 2.78 bits per heavy atom.